The van der Waals surface area contributed by atoms with Gasteiger partial charge in [-0.05, 0) is 38.1 Å². The van der Waals surface area contributed by atoms with Gasteiger partial charge in [0.05, 0.1) is 0 Å². The van der Waals surface area contributed by atoms with Gasteiger partial charge in [0.15, 0.2) is 0 Å². The first-order chi connectivity index (χ1) is 7.84. The molecule has 3 nitrogen and oxygen atoms in total. The van der Waals surface area contributed by atoms with E-state index in [1.807, 2.05) is 0 Å². The van der Waals surface area contributed by atoms with Crippen molar-refractivity contribution in [2.75, 3.05) is 13.1 Å². The number of carbonyl (C=O) groups is 1. The van der Waals surface area contributed by atoms with Gasteiger partial charge >= 0.3 is 0 Å². The molecule has 1 saturated carbocycles. The zero-order chi connectivity index (χ0) is 11.2. The largest absolute Gasteiger partial charge is 0.356 e. The molecule has 2 N–H and O–H groups in total. The molecule has 0 bridgehead atoms. The minimum absolute atomic E-state index is 0.244. The Hall–Kier alpha value is -0.570. The molecule has 0 aromatic heterocycles. The van der Waals surface area contributed by atoms with Gasteiger partial charge < -0.3 is 10.6 Å². The van der Waals surface area contributed by atoms with Crippen molar-refractivity contribution in [2.24, 2.45) is 5.92 Å². The first-order valence-electron chi connectivity index (χ1n) is 6.84. The first-order valence-corrected chi connectivity index (χ1v) is 6.84. The lowest BCUT2D eigenvalue weighted by atomic mass is 10.0. The molecule has 0 spiro atoms. The molecule has 16 heavy (non-hydrogen) atoms. The van der Waals surface area contributed by atoms with E-state index in [1.165, 1.54) is 38.5 Å². The Bertz CT molecular complexity index is 220. The smallest absolute Gasteiger partial charge is 0.220 e. The average molecular weight is 224 g/mol. The van der Waals surface area contributed by atoms with Crippen molar-refractivity contribution < 1.29 is 4.79 Å². The van der Waals surface area contributed by atoms with Gasteiger partial charge in [0.25, 0.3) is 0 Å². The number of hydrogen-bond donors (Lipinski definition) is 2. The van der Waals surface area contributed by atoms with E-state index in [1.54, 1.807) is 0 Å². The van der Waals surface area contributed by atoms with Crippen LogP contribution in [0, 0.1) is 5.92 Å². The van der Waals surface area contributed by atoms with E-state index in [0.717, 1.165) is 25.4 Å². The molecule has 1 aliphatic heterocycles. The van der Waals surface area contributed by atoms with Gasteiger partial charge in [0.2, 0.25) is 5.91 Å². The second-order valence-electron chi connectivity index (χ2n) is 5.27. The van der Waals surface area contributed by atoms with E-state index >= 15 is 0 Å². The molecule has 2 aliphatic rings. The predicted molar refractivity (Wildman–Crippen MR) is 65.2 cm³/mol. The van der Waals surface area contributed by atoms with Crippen LogP contribution in [-0.4, -0.2) is 25.0 Å². The number of hydrogen-bond acceptors (Lipinski definition) is 2. The summed E-state index contributed by atoms with van der Waals surface area (Å²) in [5.41, 5.74) is 0. The van der Waals surface area contributed by atoms with Crippen molar-refractivity contribution >= 4 is 5.91 Å². The maximum absolute atomic E-state index is 11.5. The Morgan fingerprint density at radius 1 is 1.19 bits per heavy atom. The predicted octanol–water partition coefficient (Wildman–Crippen LogP) is 1.82. The maximum atomic E-state index is 11.5. The van der Waals surface area contributed by atoms with Gasteiger partial charge in [-0.15, -0.1) is 0 Å². The summed E-state index contributed by atoms with van der Waals surface area (Å²) in [7, 11) is 0. The highest BCUT2D eigenvalue weighted by atomic mass is 16.1. The van der Waals surface area contributed by atoms with Crippen LogP contribution in [0.3, 0.4) is 0 Å². The molecule has 1 atom stereocenters. The highest BCUT2D eigenvalue weighted by Crippen LogP contribution is 2.31. The van der Waals surface area contributed by atoms with E-state index in [4.69, 9.17) is 0 Å². The second kappa shape index (κ2) is 6.24. The Morgan fingerprint density at radius 3 is 2.75 bits per heavy atom. The second-order valence-corrected chi connectivity index (χ2v) is 5.27. The molecule has 1 saturated heterocycles. The van der Waals surface area contributed by atoms with Gasteiger partial charge in [0, 0.05) is 19.0 Å². The van der Waals surface area contributed by atoms with Gasteiger partial charge in [-0.2, -0.15) is 0 Å². The minimum atomic E-state index is 0.244. The van der Waals surface area contributed by atoms with Crippen LogP contribution in [0.5, 0.6) is 0 Å². The molecule has 0 aromatic rings. The van der Waals surface area contributed by atoms with Crippen molar-refractivity contribution in [1.82, 2.24) is 10.6 Å². The molecule has 2 rings (SSSR count). The summed E-state index contributed by atoms with van der Waals surface area (Å²) in [5, 5.41) is 6.51. The van der Waals surface area contributed by atoms with Crippen LogP contribution in [0.4, 0.5) is 0 Å². The standard InChI is InChI=1S/C13H24N2O/c16-13(15-10-8-11-4-5-11)7-6-12-3-1-2-9-14-12/h11-12,14H,1-10H2,(H,15,16). The van der Waals surface area contributed by atoms with Gasteiger partial charge in [-0.1, -0.05) is 19.3 Å². The Morgan fingerprint density at radius 2 is 2.06 bits per heavy atom. The number of rotatable bonds is 6. The summed E-state index contributed by atoms with van der Waals surface area (Å²) in [4.78, 5) is 11.5. The molecule has 0 radical (unpaired) electrons. The Labute approximate surface area is 98.4 Å². The van der Waals surface area contributed by atoms with Crippen LogP contribution in [0.2, 0.25) is 0 Å². The molecule has 92 valence electrons. The molecule has 1 heterocycles. The van der Waals surface area contributed by atoms with Crippen LogP contribution < -0.4 is 10.6 Å². The number of nitrogens with one attached hydrogen (secondary N) is 2. The van der Waals surface area contributed by atoms with Crippen LogP contribution in [0.1, 0.15) is 51.4 Å². The lowest BCUT2D eigenvalue weighted by Crippen LogP contribution is -2.35. The highest BCUT2D eigenvalue weighted by Gasteiger charge is 2.20. The van der Waals surface area contributed by atoms with E-state index < -0.39 is 0 Å². The van der Waals surface area contributed by atoms with E-state index in [-0.39, 0.29) is 5.91 Å². The molecule has 0 aromatic carbocycles. The van der Waals surface area contributed by atoms with Crippen LogP contribution in [-0.2, 0) is 4.79 Å². The first kappa shape index (κ1) is 11.9. The zero-order valence-electron chi connectivity index (χ0n) is 10.1. The number of carbonyl (C=O) groups excluding carboxylic acids is 1. The molecule has 1 aliphatic carbocycles. The SMILES string of the molecule is O=C(CCC1CCCCN1)NCCC1CC1. The lowest BCUT2D eigenvalue weighted by Gasteiger charge is -2.23. The Balaban J connectivity index is 1.48. The van der Waals surface area contributed by atoms with Crippen molar-refractivity contribution in [2.45, 2.75) is 57.4 Å². The fourth-order valence-electron chi connectivity index (χ4n) is 2.39. The van der Waals surface area contributed by atoms with Gasteiger partial charge in [-0.25, -0.2) is 0 Å². The summed E-state index contributed by atoms with van der Waals surface area (Å²) in [6.07, 6.45) is 9.51. The zero-order valence-corrected chi connectivity index (χ0v) is 10.1. The summed E-state index contributed by atoms with van der Waals surface area (Å²) < 4.78 is 0. The summed E-state index contributed by atoms with van der Waals surface area (Å²) in [5.74, 6) is 1.16. The lowest BCUT2D eigenvalue weighted by molar-refractivity contribution is -0.121. The van der Waals surface area contributed by atoms with Crippen LogP contribution in [0.25, 0.3) is 0 Å². The molecule has 1 unspecified atom stereocenters. The van der Waals surface area contributed by atoms with Crippen LogP contribution in [0.15, 0.2) is 0 Å². The fourth-order valence-corrected chi connectivity index (χ4v) is 2.39. The summed E-state index contributed by atoms with van der Waals surface area (Å²) in [6, 6.07) is 0.586. The van der Waals surface area contributed by atoms with E-state index in [9.17, 15) is 4.79 Å². The Kier molecular flexibility index (Phi) is 4.64. The quantitative estimate of drug-likeness (QED) is 0.722. The summed E-state index contributed by atoms with van der Waals surface area (Å²) >= 11 is 0. The average Bonchev–Trinajstić information content (AvgIpc) is 3.12. The van der Waals surface area contributed by atoms with Gasteiger partial charge in [-0.3, -0.25) is 4.79 Å². The monoisotopic (exact) mass is 224 g/mol. The summed E-state index contributed by atoms with van der Waals surface area (Å²) in [6.45, 7) is 2.02. The molecular weight excluding hydrogens is 200 g/mol. The maximum Gasteiger partial charge on any atom is 0.220 e. The molecule has 1 amide bonds. The highest BCUT2D eigenvalue weighted by molar-refractivity contribution is 5.75. The number of piperidine rings is 1. The van der Waals surface area contributed by atoms with E-state index in [0.29, 0.717) is 12.5 Å². The molecule has 3 heteroatoms. The van der Waals surface area contributed by atoms with Crippen molar-refractivity contribution in [3.05, 3.63) is 0 Å². The normalized spacial score (nSPS) is 25.4. The molecule has 2 fully saturated rings. The third-order valence-corrected chi connectivity index (χ3v) is 3.70. The van der Waals surface area contributed by atoms with Crippen molar-refractivity contribution in [3.8, 4) is 0 Å². The number of amides is 1. The third kappa shape index (κ3) is 4.52. The van der Waals surface area contributed by atoms with Crippen molar-refractivity contribution in [1.29, 1.82) is 0 Å². The molecular formula is C13H24N2O. The van der Waals surface area contributed by atoms with Crippen molar-refractivity contribution in [3.63, 3.8) is 0 Å². The topological polar surface area (TPSA) is 41.1 Å². The fraction of sp³-hybridized carbons (Fsp3) is 0.923. The van der Waals surface area contributed by atoms with E-state index in [2.05, 4.69) is 10.6 Å². The minimum Gasteiger partial charge on any atom is -0.356 e. The van der Waals surface area contributed by atoms with Crippen LogP contribution >= 0.6 is 0 Å². The van der Waals surface area contributed by atoms with Gasteiger partial charge in [0.1, 0.15) is 0 Å². The third-order valence-electron chi connectivity index (χ3n) is 3.70.